The lowest BCUT2D eigenvalue weighted by Crippen LogP contribution is -2.47. The number of amides is 1. The van der Waals surface area contributed by atoms with Gasteiger partial charge in [0.25, 0.3) is 0 Å². The highest BCUT2D eigenvalue weighted by Crippen LogP contribution is 2.22. The molecule has 1 heterocycles. The second kappa shape index (κ2) is 6.06. The summed E-state index contributed by atoms with van der Waals surface area (Å²) in [6.07, 6.45) is -0.223. The molecule has 1 fully saturated rings. The number of nitrogens with two attached hydrogens (primary N) is 1. The number of nitrogens with zero attached hydrogens (tertiary/aromatic N) is 1. The molecule has 9 nitrogen and oxygen atoms in total. The fraction of sp³-hybridized carbons (Fsp3) is 0.778. The maximum absolute atomic E-state index is 12.2. The lowest BCUT2D eigenvalue weighted by molar-refractivity contribution is -0.137. The molecule has 116 valence electrons. The molecule has 0 spiro atoms. The number of sulfonamides is 1. The van der Waals surface area contributed by atoms with Gasteiger partial charge in [0.05, 0.1) is 23.3 Å². The summed E-state index contributed by atoms with van der Waals surface area (Å²) in [6, 6.07) is 0. The Balaban J connectivity index is 2.93. The minimum atomic E-state index is -4.08. The van der Waals surface area contributed by atoms with Crippen molar-refractivity contribution in [2.24, 2.45) is 5.73 Å². The summed E-state index contributed by atoms with van der Waals surface area (Å²) in [7, 11) is -7.32. The lowest BCUT2D eigenvalue weighted by atomic mass is 10.2. The predicted octanol–water partition coefficient (Wildman–Crippen LogP) is -2.23. The Morgan fingerprint density at radius 1 is 1.20 bits per heavy atom. The molecule has 1 rings (SSSR count). The van der Waals surface area contributed by atoms with Crippen LogP contribution in [0.15, 0.2) is 0 Å². The van der Waals surface area contributed by atoms with Crippen LogP contribution >= 0.6 is 0 Å². The van der Waals surface area contributed by atoms with Gasteiger partial charge in [-0.1, -0.05) is 0 Å². The molecule has 1 aliphatic heterocycles. The Morgan fingerprint density at radius 3 is 2.10 bits per heavy atom. The van der Waals surface area contributed by atoms with Crippen LogP contribution in [0.2, 0.25) is 0 Å². The first-order valence-corrected chi connectivity index (χ1v) is 9.06. The zero-order valence-corrected chi connectivity index (χ0v) is 12.2. The van der Waals surface area contributed by atoms with E-state index in [4.69, 9.17) is 10.8 Å². The molecule has 3 N–H and O–H groups in total. The van der Waals surface area contributed by atoms with E-state index >= 15 is 0 Å². The SMILES string of the molecule is NC(=O)CN(CC(=O)O)S(=O)(=O)C1CCS(=O)(=O)CC1. The smallest absolute Gasteiger partial charge is 0.318 e. The van der Waals surface area contributed by atoms with Gasteiger partial charge in [-0.05, 0) is 12.8 Å². The molecule has 20 heavy (non-hydrogen) atoms. The van der Waals surface area contributed by atoms with Crippen LogP contribution in [-0.2, 0) is 29.4 Å². The molecule has 0 aromatic carbocycles. The first-order valence-electron chi connectivity index (χ1n) is 5.74. The first-order chi connectivity index (χ1) is 9.04. The van der Waals surface area contributed by atoms with Crippen molar-refractivity contribution >= 4 is 31.7 Å². The van der Waals surface area contributed by atoms with Gasteiger partial charge in [0.2, 0.25) is 15.9 Å². The van der Waals surface area contributed by atoms with Gasteiger partial charge in [0.15, 0.2) is 0 Å². The van der Waals surface area contributed by atoms with Crippen molar-refractivity contribution in [1.29, 1.82) is 0 Å². The number of carboxylic acids is 1. The average molecular weight is 328 g/mol. The number of carboxylic acid groups (broad SMARTS) is 1. The number of carbonyl (C=O) groups excluding carboxylic acids is 1. The Morgan fingerprint density at radius 2 is 1.70 bits per heavy atom. The number of sulfone groups is 1. The summed E-state index contributed by atoms with van der Waals surface area (Å²) < 4.78 is 47.5. The van der Waals surface area contributed by atoms with Crippen LogP contribution in [0, 0.1) is 0 Å². The summed E-state index contributed by atoms with van der Waals surface area (Å²) in [5.74, 6) is -2.93. The largest absolute Gasteiger partial charge is 0.480 e. The molecule has 0 radical (unpaired) electrons. The maximum atomic E-state index is 12.2. The van der Waals surface area contributed by atoms with E-state index in [0.717, 1.165) is 0 Å². The minimum Gasteiger partial charge on any atom is -0.480 e. The number of hydrogen-bond acceptors (Lipinski definition) is 6. The highest BCUT2D eigenvalue weighted by molar-refractivity contribution is 7.92. The molecule has 0 aliphatic carbocycles. The summed E-state index contributed by atoms with van der Waals surface area (Å²) in [6.45, 7) is -1.62. The highest BCUT2D eigenvalue weighted by atomic mass is 32.2. The van der Waals surface area contributed by atoms with E-state index in [9.17, 15) is 26.4 Å². The Kier molecular flexibility index (Phi) is 5.10. The van der Waals surface area contributed by atoms with E-state index in [1.54, 1.807) is 0 Å². The van der Waals surface area contributed by atoms with Gasteiger partial charge >= 0.3 is 5.97 Å². The monoisotopic (exact) mass is 328 g/mol. The summed E-state index contributed by atoms with van der Waals surface area (Å²) in [4.78, 5) is 21.5. The predicted molar refractivity (Wildman–Crippen MR) is 69.0 cm³/mol. The van der Waals surface area contributed by atoms with E-state index in [0.29, 0.717) is 4.31 Å². The van der Waals surface area contributed by atoms with Crippen molar-refractivity contribution in [2.75, 3.05) is 24.6 Å². The maximum Gasteiger partial charge on any atom is 0.318 e. The van der Waals surface area contributed by atoms with Crippen LogP contribution in [0.25, 0.3) is 0 Å². The van der Waals surface area contributed by atoms with E-state index in [1.165, 1.54) is 0 Å². The molecule has 11 heteroatoms. The van der Waals surface area contributed by atoms with Gasteiger partial charge < -0.3 is 10.8 Å². The third kappa shape index (κ3) is 4.42. The van der Waals surface area contributed by atoms with E-state index in [-0.39, 0.29) is 24.3 Å². The van der Waals surface area contributed by atoms with Gasteiger partial charge in [-0.3, -0.25) is 9.59 Å². The summed E-state index contributed by atoms with van der Waals surface area (Å²) >= 11 is 0. The fourth-order valence-electron chi connectivity index (χ4n) is 1.94. The zero-order chi connectivity index (χ0) is 15.6. The second-order valence-corrected chi connectivity index (χ2v) is 9.04. The van der Waals surface area contributed by atoms with E-state index in [1.807, 2.05) is 0 Å². The lowest BCUT2D eigenvalue weighted by Gasteiger charge is -2.27. The van der Waals surface area contributed by atoms with Gasteiger partial charge in [-0.15, -0.1) is 0 Å². The molecule has 0 aromatic heterocycles. The van der Waals surface area contributed by atoms with Gasteiger partial charge in [-0.25, -0.2) is 16.8 Å². The van der Waals surface area contributed by atoms with Crippen molar-refractivity contribution in [3.63, 3.8) is 0 Å². The van der Waals surface area contributed by atoms with Crippen molar-refractivity contribution in [3.05, 3.63) is 0 Å². The average Bonchev–Trinajstić information content (AvgIpc) is 2.26. The first kappa shape index (κ1) is 16.9. The summed E-state index contributed by atoms with van der Waals surface area (Å²) in [5.41, 5.74) is 4.90. The van der Waals surface area contributed by atoms with Crippen LogP contribution in [0.1, 0.15) is 12.8 Å². The molecule has 1 aliphatic rings. The zero-order valence-electron chi connectivity index (χ0n) is 10.6. The van der Waals surface area contributed by atoms with Gasteiger partial charge in [-0.2, -0.15) is 4.31 Å². The quantitative estimate of drug-likeness (QED) is 0.559. The van der Waals surface area contributed by atoms with Crippen molar-refractivity contribution in [2.45, 2.75) is 18.1 Å². The number of hydrogen-bond donors (Lipinski definition) is 2. The second-order valence-electron chi connectivity index (χ2n) is 4.52. The molecule has 0 atom stereocenters. The van der Waals surface area contributed by atoms with Crippen LogP contribution in [0.4, 0.5) is 0 Å². The van der Waals surface area contributed by atoms with Gasteiger partial charge in [0.1, 0.15) is 16.4 Å². The van der Waals surface area contributed by atoms with Crippen molar-refractivity contribution in [3.8, 4) is 0 Å². The van der Waals surface area contributed by atoms with Crippen molar-refractivity contribution < 1.29 is 31.5 Å². The normalized spacial score (nSPS) is 19.9. The van der Waals surface area contributed by atoms with Crippen LogP contribution in [-0.4, -0.2) is 68.0 Å². The molecule has 1 saturated heterocycles. The number of rotatable bonds is 6. The molecule has 0 bridgehead atoms. The fourth-order valence-corrected chi connectivity index (χ4v) is 5.58. The third-order valence-electron chi connectivity index (χ3n) is 2.93. The molecule has 0 unspecified atom stereocenters. The highest BCUT2D eigenvalue weighted by Gasteiger charge is 2.37. The molecular weight excluding hydrogens is 312 g/mol. The van der Waals surface area contributed by atoms with Crippen LogP contribution < -0.4 is 5.73 Å². The Bertz CT molecular complexity index is 566. The van der Waals surface area contributed by atoms with Crippen molar-refractivity contribution in [1.82, 2.24) is 4.31 Å². The molecular formula is C9H16N2O7S2. The molecule has 0 aromatic rings. The van der Waals surface area contributed by atoms with Crippen LogP contribution in [0.3, 0.4) is 0 Å². The minimum absolute atomic E-state index is 0.112. The topological polar surface area (TPSA) is 152 Å². The van der Waals surface area contributed by atoms with Gasteiger partial charge in [0, 0.05) is 0 Å². The number of aliphatic carboxylic acids is 1. The summed E-state index contributed by atoms with van der Waals surface area (Å²) in [5, 5.41) is 7.68. The molecule has 1 amide bonds. The number of primary amides is 1. The van der Waals surface area contributed by atoms with Crippen LogP contribution in [0.5, 0.6) is 0 Å². The van der Waals surface area contributed by atoms with E-state index in [2.05, 4.69) is 0 Å². The Hall–Kier alpha value is -1.20. The van der Waals surface area contributed by atoms with E-state index < -0.39 is 50.1 Å². The standard InChI is InChI=1S/C9H16N2O7S2/c10-8(12)5-11(6-9(13)14)20(17,18)7-1-3-19(15,16)4-2-7/h7H,1-6H2,(H2,10,12)(H,13,14). The number of carbonyl (C=O) groups is 2. The Labute approximate surface area is 116 Å². The molecule has 0 saturated carbocycles. The third-order valence-corrected chi connectivity index (χ3v) is 6.93.